The first kappa shape index (κ1) is 14.0. The first-order valence-electron chi connectivity index (χ1n) is 8.46. The molecule has 1 amide bonds. The van der Waals surface area contributed by atoms with Crippen molar-refractivity contribution in [3.63, 3.8) is 0 Å². The second-order valence-corrected chi connectivity index (χ2v) is 7.05. The van der Waals surface area contributed by atoms with Crippen molar-refractivity contribution in [2.45, 2.75) is 50.2 Å². The Morgan fingerprint density at radius 2 is 1.95 bits per heavy atom. The molecule has 2 bridgehead atoms. The number of carbonyl (C=O) groups excluding carboxylic acids is 1. The summed E-state index contributed by atoms with van der Waals surface area (Å²) in [4.78, 5) is 12.6. The number of nitrogens with one attached hydrogen (secondary N) is 1. The Hall–Kier alpha value is -1.62. The minimum atomic E-state index is -0.0150. The number of amides is 1. The fraction of sp³-hybridized carbons (Fsp3) is 0.647. The number of nitrogens with two attached hydrogens (primary N) is 1. The summed E-state index contributed by atoms with van der Waals surface area (Å²) in [6, 6.07) is 2.76. The molecule has 3 N–H and O–H groups in total. The summed E-state index contributed by atoms with van der Waals surface area (Å²) in [5, 5.41) is 7.59. The second-order valence-electron chi connectivity index (χ2n) is 7.05. The predicted octanol–water partition coefficient (Wildman–Crippen LogP) is 1.63. The van der Waals surface area contributed by atoms with Gasteiger partial charge in [0.2, 0.25) is 5.91 Å². The Kier molecular flexibility index (Phi) is 3.53. The van der Waals surface area contributed by atoms with Crippen LogP contribution in [0.1, 0.15) is 38.1 Å². The fourth-order valence-corrected chi connectivity index (χ4v) is 4.51. The lowest BCUT2D eigenvalue weighted by molar-refractivity contribution is -0.127. The third-order valence-corrected chi connectivity index (χ3v) is 5.76. The van der Waals surface area contributed by atoms with Crippen molar-refractivity contribution in [2.24, 2.45) is 23.5 Å². The minimum Gasteiger partial charge on any atom is -0.353 e. The number of carbonyl (C=O) groups is 1. The maximum atomic E-state index is 12.6. The zero-order chi connectivity index (χ0) is 15.1. The maximum absolute atomic E-state index is 12.6. The lowest BCUT2D eigenvalue weighted by Crippen LogP contribution is -2.48. The Balaban J connectivity index is 1.31. The Morgan fingerprint density at radius 3 is 2.59 bits per heavy atom. The van der Waals surface area contributed by atoms with Crippen molar-refractivity contribution in [3.05, 3.63) is 30.6 Å². The van der Waals surface area contributed by atoms with E-state index in [1.54, 1.807) is 0 Å². The van der Waals surface area contributed by atoms with Gasteiger partial charge in [0, 0.05) is 24.5 Å². The van der Waals surface area contributed by atoms with Crippen molar-refractivity contribution in [1.29, 1.82) is 0 Å². The predicted molar refractivity (Wildman–Crippen MR) is 83.9 cm³/mol. The van der Waals surface area contributed by atoms with Gasteiger partial charge in [-0.25, -0.2) is 0 Å². The van der Waals surface area contributed by atoms with Crippen molar-refractivity contribution >= 4 is 5.91 Å². The van der Waals surface area contributed by atoms with Crippen LogP contribution in [0.5, 0.6) is 0 Å². The number of hydrogen-bond donors (Lipinski definition) is 2. The molecule has 3 aliphatic rings. The molecule has 0 aliphatic heterocycles. The van der Waals surface area contributed by atoms with E-state index in [9.17, 15) is 4.79 Å². The van der Waals surface area contributed by atoms with Gasteiger partial charge < -0.3 is 11.1 Å². The summed E-state index contributed by atoms with van der Waals surface area (Å²) < 4.78 is 2.05. The van der Waals surface area contributed by atoms with E-state index >= 15 is 0 Å². The van der Waals surface area contributed by atoms with Gasteiger partial charge in [-0.05, 0) is 50.0 Å². The molecule has 0 spiro atoms. The topological polar surface area (TPSA) is 72.9 Å². The molecular formula is C17H24N4O. The molecule has 1 heterocycles. The molecule has 4 atom stereocenters. The van der Waals surface area contributed by atoms with Crippen LogP contribution in [0.3, 0.4) is 0 Å². The lowest BCUT2D eigenvalue weighted by atomic mass is 9.87. The van der Waals surface area contributed by atoms with Crippen LogP contribution < -0.4 is 11.1 Å². The van der Waals surface area contributed by atoms with Gasteiger partial charge in [-0.15, -0.1) is 0 Å². The van der Waals surface area contributed by atoms with Gasteiger partial charge in [0.15, 0.2) is 0 Å². The SMILES string of the molecule is N[C@@H]1[C@H](C(=O)NC2CCC(n3cccn3)CC2)[C@@H]2C=C[C@H]1C2. The molecule has 4 rings (SSSR count). The lowest BCUT2D eigenvalue weighted by Gasteiger charge is -2.31. The van der Waals surface area contributed by atoms with Crippen LogP contribution in [-0.2, 0) is 4.79 Å². The average Bonchev–Trinajstić information content (AvgIpc) is 3.25. The minimum absolute atomic E-state index is 0.00964. The van der Waals surface area contributed by atoms with Gasteiger partial charge >= 0.3 is 0 Å². The third-order valence-electron chi connectivity index (χ3n) is 5.76. The van der Waals surface area contributed by atoms with Crippen LogP contribution in [0, 0.1) is 17.8 Å². The molecule has 5 heteroatoms. The highest BCUT2D eigenvalue weighted by molar-refractivity contribution is 5.81. The molecule has 1 aromatic rings. The molecule has 3 aliphatic carbocycles. The molecule has 0 saturated heterocycles. The highest BCUT2D eigenvalue weighted by atomic mass is 16.2. The Morgan fingerprint density at radius 1 is 1.18 bits per heavy atom. The molecule has 0 unspecified atom stereocenters. The van der Waals surface area contributed by atoms with Crippen LogP contribution >= 0.6 is 0 Å². The normalized spacial score (nSPS) is 40.0. The van der Waals surface area contributed by atoms with Gasteiger partial charge in [-0.3, -0.25) is 9.48 Å². The van der Waals surface area contributed by atoms with Gasteiger partial charge in [0.25, 0.3) is 0 Å². The van der Waals surface area contributed by atoms with Gasteiger partial charge in [-0.1, -0.05) is 12.2 Å². The summed E-state index contributed by atoms with van der Waals surface area (Å²) in [6.45, 7) is 0. The van der Waals surface area contributed by atoms with Gasteiger partial charge in [0.05, 0.1) is 12.0 Å². The molecule has 0 radical (unpaired) electrons. The molecule has 2 fully saturated rings. The number of fused-ring (bicyclic) bond motifs is 2. The highest BCUT2D eigenvalue weighted by Gasteiger charge is 2.46. The summed E-state index contributed by atoms with van der Waals surface area (Å²) in [5.74, 6) is 0.933. The van der Waals surface area contributed by atoms with Crippen molar-refractivity contribution < 1.29 is 4.79 Å². The number of nitrogens with zero attached hydrogens (tertiary/aromatic N) is 2. The molecule has 0 aromatic carbocycles. The molecule has 22 heavy (non-hydrogen) atoms. The molecule has 2 saturated carbocycles. The standard InChI is InChI=1S/C17H24N4O/c18-16-12-3-2-11(10-12)15(16)17(22)20-13-4-6-14(7-5-13)21-9-1-8-19-21/h1-3,8-9,11-16H,4-7,10,18H2,(H,20,22)/t11-,12+,13?,14?,15-,16+/m1/s1. The molecular weight excluding hydrogens is 276 g/mol. The highest BCUT2D eigenvalue weighted by Crippen LogP contribution is 2.43. The van der Waals surface area contributed by atoms with Crippen molar-refractivity contribution in [3.8, 4) is 0 Å². The van der Waals surface area contributed by atoms with E-state index in [0.29, 0.717) is 23.9 Å². The van der Waals surface area contributed by atoms with E-state index in [4.69, 9.17) is 5.73 Å². The van der Waals surface area contributed by atoms with Gasteiger partial charge in [-0.2, -0.15) is 5.10 Å². The van der Waals surface area contributed by atoms with Gasteiger partial charge in [0.1, 0.15) is 0 Å². The Bertz CT molecular complexity index is 559. The third kappa shape index (κ3) is 2.37. The summed E-state index contributed by atoms with van der Waals surface area (Å²) >= 11 is 0. The number of rotatable bonds is 3. The van der Waals surface area contributed by atoms with Crippen molar-refractivity contribution in [2.75, 3.05) is 0 Å². The summed E-state index contributed by atoms with van der Waals surface area (Å²) in [7, 11) is 0. The zero-order valence-electron chi connectivity index (χ0n) is 12.8. The van der Waals surface area contributed by atoms with E-state index in [0.717, 1.165) is 32.1 Å². The van der Waals surface area contributed by atoms with Crippen LogP contribution in [0.4, 0.5) is 0 Å². The smallest absolute Gasteiger partial charge is 0.225 e. The van der Waals surface area contributed by atoms with Crippen LogP contribution in [0.15, 0.2) is 30.6 Å². The Labute approximate surface area is 130 Å². The average molecular weight is 300 g/mol. The fourth-order valence-electron chi connectivity index (χ4n) is 4.51. The van der Waals surface area contributed by atoms with E-state index in [2.05, 4.69) is 27.2 Å². The van der Waals surface area contributed by atoms with E-state index in [1.807, 2.05) is 18.5 Å². The number of allylic oxidation sites excluding steroid dienone is 1. The van der Waals surface area contributed by atoms with E-state index < -0.39 is 0 Å². The quantitative estimate of drug-likeness (QED) is 0.833. The first-order valence-corrected chi connectivity index (χ1v) is 8.46. The van der Waals surface area contributed by atoms with Crippen LogP contribution in [0.25, 0.3) is 0 Å². The largest absolute Gasteiger partial charge is 0.353 e. The van der Waals surface area contributed by atoms with Crippen LogP contribution in [-0.4, -0.2) is 27.8 Å². The summed E-state index contributed by atoms with van der Waals surface area (Å²) in [6.07, 6.45) is 13.5. The van der Waals surface area contributed by atoms with E-state index in [-0.39, 0.29) is 17.9 Å². The molecule has 1 aromatic heterocycles. The summed E-state index contributed by atoms with van der Waals surface area (Å²) in [5.41, 5.74) is 6.23. The molecule has 118 valence electrons. The monoisotopic (exact) mass is 300 g/mol. The van der Waals surface area contributed by atoms with Crippen molar-refractivity contribution in [1.82, 2.24) is 15.1 Å². The number of hydrogen-bond acceptors (Lipinski definition) is 3. The number of aromatic nitrogens is 2. The first-order chi connectivity index (χ1) is 10.7. The zero-order valence-corrected chi connectivity index (χ0v) is 12.8. The maximum Gasteiger partial charge on any atom is 0.225 e. The van der Waals surface area contributed by atoms with E-state index in [1.165, 1.54) is 0 Å². The van der Waals surface area contributed by atoms with Crippen LogP contribution in [0.2, 0.25) is 0 Å². The second kappa shape index (κ2) is 5.54. The molecule has 5 nitrogen and oxygen atoms in total.